The topological polar surface area (TPSA) is 83.0 Å². The molecule has 0 fully saturated rings. The van der Waals surface area contributed by atoms with E-state index in [4.69, 9.17) is 21.6 Å². The molecule has 1 aromatic carbocycles. The van der Waals surface area contributed by atoms with Crippen LogP contribution in [0.25, 0.3) is 28.0 Å². The molecule has 0 aliphatic carbocycles. The summed E-state index contributed by atoms with van der Waals surface area (Å²) in [5.41, 5.74) is 4.62. The minimum Gasteiger partial charge on any atom is -0.305 e. The van der Waals surface area contributed by atoms with E-state index in [9.17, 15) is 9.65 Å². The first-order valence-electron chi connectivity index (χ1n) is 10.4. The molecule has 10 heteroatoms. The fraction of sp³-hybridized carbons (Fsp3) is 0.125. The molecule has 0 spiro atoms. The number of fused-ring (bicyclic) bond motifs is 1. The van der Waals surface area contributed by atoms with Crippen LogP contribution in [0.1, 0.15) is 17.5 Å². The summed E-state index contributed by atoms with van der Waals surface area (Å²) in [6.45, 7) is 2.04. The van der Waals surface area contributed by atoms with Crippen molar-refractivity contribution >= 4 is 39.5 Å². The smallest absolute Gasteiger partial charge is 0.222 e. The fourth-order valence-electron chi connectivity index (χ4n) is 3.73. The van der Waals surface area contributed by atoms with Gasteiger partial charge in [-0.15, -0.1) is 0 Å². The first kappa shape index (κ1) is 21.9. The lowest BCUT2D eigenvalue weighted by molar-refractivity contribution is 0.628. The Morgan fingerprint density at radius 2 is 1.76 bits per heavy atom. The Kier molecular flexibility index (Phi) is 5.69. The first-order chi connectivity index (χ1) is 16.5. The first-order valence-corrected chi connectivity index (χ1v) is 11.6. The number of pyridine rings is 1. The largest absolute Gasteiger partial charge is 0.305 e. The molecule has 0 atom stereocenters. The van der Waals surface area contributed by atoms with E-state index in [1.807, 2.05) is 41.6 Å². The number of aryl methyl sites for hydroxylation is 1. The van der Waals surface area contributed by atoms with Crippen molar-refractivity contribution in [2.24, 2.45) is 0 Å². The average Bonchev–Trinajstić information content (AvgIpc) is 3.45. The van der Waals surface area contributed by atoms with E-state index >= 15 is 0 Å². The molecule has 168 valence electrons. The van der Waals surface area contributed by atoms with Gasteiger partial charge in [0.2, 0.25) is 5.28 Å². The van der Waals surface area contributed by atoms with E-state index < -0.39 is 0 Å². The van der Waals surface area contributed by atoms with Crippen molar-refractivity contribution in [2.45, 2.75) is 13.3 Å². The van der Waals surface area contributed by atoms with Gasteiger partial charge < -0.3 is 4.90 Å². The van der Waals surface area contributed by atoms with Crippen LogP contribution in [0.3, 0.4) is 0 Å². The van der Waals surface area contributed by atoms with Crippen LogP contribution in [0.2, 0.25) is 5.28 Å². The maximum absolute atomic E-state index is 13.4. The SMILES string of the molecule is CCc1nc2ccc(-c3cnc(Cl)nc3)cn2c1N(C)c1nc(-c2ccc(F)cc2)c(C#N)s1. The van der Waals surface area contributed by atoms with E-state index in [-0.39, 0.29) is 11.1 Å². The molecule has 0 radical (unpaired) electrons. The monoisotopic (exact) mass is 489 g/mol. The van der Waals surface area contributed by atoms with Crippen LogP contribution in [0.5, 0.6) is 0 Å². The molecule has 0 bridgehead atoms. The molecule has 7 nitrogen and oxygen atoms in total. The summed E-state index contributed by atoms with van der Waals surface area (Å²) >= 11 is 7.12. The van der Waals surface area contributed by atoms with E-state index in [2.05, 4.69) is 16.0 Å². The number of imidazole rings is 1. The van der Waals surface area contributed by atoms with Gasteiger partial charge in [0.25, 0.3) is 0 Å². The van der Waals surface area contributed by atoms with Crippen molar-refractivity contribution in [2.75, 3.05) is 11.9 Å². The predicted molar refractivity (Wildman–Crippen MR) is 131 cm³/mol. The lowest BCUT2D eigenvalue weighted by atomic mass is 10.1. The molecule has 0 saturated heterocycles. The van der Waals surface area contributed by atoms with Crippen LogP contribution in [0.4, 0.5) is 15.3 Å². The zero-order chi connectivity index (χ0) is 23.8. The summed E-state index contributed by atoms with van der Waals surface area (Å²) in [4.78, 5) is 20.1. The van der Waals surface area contributed by atoms with Crippen LogP contribution in [-0.2, 0) is 6.42 Å². The molecule has 0 amide bonds. The van der Waals surface area contributed by atoms with Crippen molar-refractivity contribution in [3.8, 4) is 28.5 Å². The van der Waals surface area contributed by atoms with Gasteiger partial charge in [0.15, 0.2) is 5.13 Å². The van der Waals surface area contributed by atoms with Crippen molar-refractivity contribution in [3.05, 3.63) is 76.7 Å². The van der Waals surface area contributed by atoms with E-state index in [0.29, 0.717) is 27.7 Å². The van der Waals surface area contributed by atoms with E-state index in [0.717, 1.165) is 28.3 Å². The standard InChI is InChI=1S/C24H17ClFN7S/c1-3-18-22(33-13-15(6-9-20(33)30-18)16-11-28-23(25)29-12-16)32(2)24-31-21(19(10-27)34-24)14-4-7-17(26)8-5-14/h4-9,11-13H,3H2,1-2H3. The third kappa shape index (κ3) is 3.87. The molecule has 0 aliphatic rings. The molecule has 0 saturated carbocycles. The summed E-state index contributed by atoms with van der Waals surface area (Å²) in [6, 6.07) is 12.1. The zero-order valence-corrected chi connectivity index (χ0v) is 19.8. The molecule has 4 aromatic heterocycles. The van der Waals surface area contributed by atoms with Gasteiger partial charge in [-0.1, -0.05) is 18.3 Å². The number of thiazole rings is 1. The van der Waals surface area contributed by atoms with Crippen LogP contribution in [-0.4, -0.2) is 31.4 Å². The molecule has 5 rings (SSSR count). The van der Waals surface area contributed by atoms with Crippen molar-refractivity contribution < 1.29 is 4.39 Å². The van der Waals surface area contributed by atoms with Gasteiger partial charge in [-0.05, 0) is 54.4 Å². The number of halogens is 2. The molecule has 0 aliphatic heterocycles. The number of nitriles is 1. The number of anilines is 2. The molecular weight excluding hydrogens is 473 g/mol. The number of hydrogen-bond acceptors (Lipinski definition) is 7. The van der Waals surface area contributed by atoms with Crippen LogP contribution >= 0.6 is 22.9 Å². The third-order valence-corrected chi connectivity index (χ3v) is 6.62. The minimum absolute atomic E-state index is 0.190. The fourth-order valence-corrected chi connectivity index (χ4v) is 4.67. The Labute approximate surface area is 203 Å². The Morgan fingerprint density at radius 3 is 2.44 bits per heavy atom. The second-order valence-corrected chi connectivity index (χ2v) is 8.79. The van der Waals surface area contributed by atoms with Gasteiger partial charge in [-0.2, -0.15) is 5.26 Å². The highest BCUT2D eigenvalue weighted by molar-refractivity contribution is 7.16. The maximum Gasteiger partial charge on any atom is 0.222 e. The van der Waals surface area contributed by atoms with Crippen LogP contribution in [0, 0.1) is 17.1 Å². The Hall–Kier alpha value is -3.87. The van der Waals surface area contributed by atoms with Gasteiger partial charge >= 0.3 is 0 Å². The summed E-state index contributed by atoms with van der Waals surface area (Å²) < 4.78 is 15.4. The summed E-state index contributed by atoms with van der Waals surface area (Å²) in [6.07, 6.45) is 6.03. The number of benzene rings is 1. The van der Waals surface area contributed by atoms with Gasteiger partial charge in [-0.3, -0.25) is 4.40 Å². The molecule has 34 heavy (non-hydrogen) atoms. The third-order valence-electron chi connectivity index (χ3n) is 5.39. The lowest BCUT2D eigenvalue weighted by Crippen LogP contribution is -2.13. The van der Waals surface area contributed by atoms with E-state index in [1.165, 1.54) is 23.5 Å². The second kappa shape index (κ2) is 8.82. The van der Waals surface area contributed by atoms with Gasteiger partial charge in [0, 0.05) is 42.3 Å². The number of nitrogens with zero attached hydrogens (tertiary/aromatic N) is 7. The highest BCUT2D eigenvalue weighted by Gasteiger charge is 2.22. The number of hydrogen-bond donors (Lipinski definition) is 0. The molecule has 0 unspecified atom stereocenters. The normalized spacial score (nSPS) is 11.0. The van der Waals surface area contributed by atoms with Crippen LogP contribution < -0.4 is 4.90 Å². The lowest BCUT2D eigenvalue weighted by Gasteiger charge is -2.17. The van der Waals surface area contributed by atoms with Crippen molar-refractivity contribution in [3.63, 3.8) is 0 Å². The Morgan fingerprint density at radius 1 is 1.06 bits per heavy atom. The Bertz CT molecular complexity index is 1540. The second-order valence-electron chi connectivity index (χ2n) is 7.47. The van der Waals surface area contributed by atoms with Gasteiger partial charge in [-0.25, -0.2) is 24.3 Å². The average molecular weight is 490 g/mol. The predicted octanol–water partition coefficient (Wildman–Crippen LogP) is 5.91. The number of rotatable bonds is 5. The van der Waals surface area contributed by atoms with Gasteiger partial charge in [0.05, 0.1) is 5.69 Å². The molecule has 0 N–H and O–H groups in total. The van der Waals surface area contributed by atoms with Crippen LogP contribution in [0.15, 0.2) is 55.0 Å². The zero-order valence-electron chi connectivity index (χ0n) is 18.2. The molecular formula is C24H17ClFN7S. The highest BCUT2D eigenvalue weighted by Crippen LogP contribution is 2.37. The van der Waals surface area contributed by atoms with E-state index in [1.54, 1.807) is 24.5 Å². The van der Waals surface area contributed by atoms with Crippen molar-refractivity contribution in [1.29, 1.82) is 5.26 Å². The Balaban J connectivity index is 1.62. The molecule has 4 heterocycles. The summed E-state index contributed by atoms with van der Waals surface area (Å²) in [5.74, 6) is 0.508. The van der Waals surface area contributed by atoms with Crippen molar-refractivity contribution in [1.82, 2.24) is 24.3 Å². The molecule has 5 aromatic rings. The highest BCUT2D eigenvalue weighted by atomic mass is 35.5. The van der Waals surface area contributed by atoms with Gasteiger partial charge in [0.1, 0.15) is 33.9 Å². The minimum atomic E-state index is -0.338. The maximum atomic E-state index is 13.4. The summed E-state index contributed by atoms with van der Waals surface area (Å²) in [7, 11) is 1.90. The quantitative estimate of drug-likeness (QED) is 0.285. The summed E-state index contributed by atoms with van der Waals surface area (Å²) in [5, 5.41) is 10.5. The number of aromatic nitrogens is 5.